The predicted molar refractivity (Wildman–Crippen MR) is 96.7 cm³/mol. The van der Waals surface area contributed by atoms with Crippen molar-refractivity contribution in [3.63, 3.8) is 0 Å². The first-order chi connectivity index (χ1) is 11.3. The van der Waals surface area contributed by atoms with Gasteiger partial charge in [-0.2, -0.15) is 0 Å². The maximum absolute atomic E-state index is 6.29. The summed E-state index contributed by atoms with van der Waals surface area (Å²) in [5.74, 6) is 0. The lowest BCUT2D eigenvalue weighted by Gasteiger charge is -2.22. The maximum Gasteiger partial charge on any atom is 0.108 e. The molecule has 23 heavy (non-hydrogen) atoms. The molecule has 0 radical (unpaired) electrons. The molecule has 3 aromatic rings. The Morgan fingerprint density at radius 2 is 1.52 bits per heavy atom. The molecule has 0 saturated carbocycles. The highest BCUT2D eigenvalue weighted by atomic mass is 16.5. The van der Waals surface area contributed by atoms with Gasteiger partial charge in [0.1, 0.15) is 6.10 Å². The zero-order valence-corrected chi connectivity index (χ0v) is 13.8. The summed E-state index contributed by atoms with van der Waals surface area (Å²) in [4.78, 5) is 2.14. The third-order valence-corrected chi connectivity index (χ3v) is 4.03. The van der Waals surface area contributed by atoms with Crippen LogP contribution in [0.4, 0.5) is 0 Å². The summed E-state index contributed by atoms with van der Waals surface area (Å²) >= 11 is 0. The number of likely N-dealkylation sites (N-methyl/N-ethyl adjacent to an activating group) is 1. The molecule has 0 aliphatic rings. The van der Waals surface area contributed by atoms with Crippen molar-refractivity contribution in [3.05, 3.63) is 83.9 Å². The van der Waals surface area contributed by atoms with Crippen LogP contribution in [0.2, 0.25) is 0 Å². The van der Waals surface area contributed by atoms with Gasteiger partial charge in [0.15, 0.2) is 0 Å². The molecule has 0 aromatic heterocycles. The summed E-state index contributed by atoms with van der Waals surface area (Å²) in [6.07, 6.45) is -0.0396. The van der Waals surface area contributed by atoms with Gasteiger partial charge in [0.05, 0.1) is 6.61 Å². The molecule has 2 nitrogen and oxygen atoms in total. The Bertz CT molecular complexity index is 747. The lowest BCUT2D eigenvalue weighted by molar-refractivity contribution is 0.0695. The van der Waals surface area contributed by atoms with E-state index in [1.807, 2.05) is 6.07 Å². The average molecular weight is 305 g/mol. The molecule has 1 atom stereocenters. The molecule has 3 rings (SSSR count). The summed E-state index contributed by atoms with van der Waals surface area (Å²) in [5.41, 5.74) is 2.43. The number of nitrogens with zero attached hydrogens (tertiary/aromatic N) is 1. The summed E-state index contributed by atoms with van der Waals surface area (Å²) in [6, 6.07) is 25.4. The van der Waals surface area contributed by atoms with Crippen molar-refractivity contribution in [3.8, 4) is 0 Å². The highest BCUT2D eigenvalue weighted by Gasteiger charge is 2.17. The molecule has 0 saturated heterocycles. The standard InChI is InChI=1S/C21H23NO/c1-22(2)15-16-23-21(18-10-4-3-5-11-18)20-14-8-12-17-9-6-7-13-19(17)20/h3-14,21H,15-16H2,1-2H3/t21-/m1/s1. The van der Waals surface area contributed by atoms with Gasteiger partial charge in [0, 0.05) is 6.54 Å². The van der Waals surface area contributed by atoms with Crippen molar-refractivity contribution in [1.82, 2.24) is 4.90 Å². The Balaban J connectivity index is 1.99. The quantitative estimate of drug-likeness (QED) is 0.664. The van der Waals surface area contributed by atoms with E-state index in [2.05, 4.69) is 85.7 Å². The molecule has 0 heterocycles. The van der Waals surface area contributed by atoms with Gasteiger partial charge in [0.2, 0.25) is 0 Å². The minimum atomic E-state index is -0.0396. The summed E-state index contributed by atoms with van der Waals surface area (Å²) in [7, 11) is 4.14. The first-order valence-electron chi connectivity index (χ1n) is 8.04. The first-order valence-corrected chi connectivity index (χ1v) is 8.04. The second-order valence-corrected chi connectivity index (χ2v) is 6.03. The van der Waals surface area contributed by atoms with Crippen LogP contribution in [0.15, 0.2) is 72.8 Å². The number of fused-ring (bicyclic) bond motifs is 1. The minimum Gasteiger partial charge on any atom is -0.367 e. The monoisotopic (exact) mass is 305 g/mol. The van der Waals surface area contributed by atoms with E-state index < -0.39 is 0 Å². The van der Waals surface area contributed by atoms with Gasteiger partial charge in [-0.1, -0.05) is 72.8 Å². The number of rotatable bonds is 6. The number of ether oxygens (including phenoxy) is 1. The number of hydrogen-bond donors (Lipinski definition) is 0. The van der Waals surface area contributed by atoms with Crippen LogP contribution >= 0.6 is 0 Å². The van der Waals surface area contributed by atoms with Crippen LogP contribution in [0.5, 0.6) is 0 Å². The van der Waals surface area contributed by atoms with Gasteiger partial charge in [-0.3, -0.25) is 0 Å². The molecule has 0 spiro atoms. The van der Waals surface area contributed by atoms with Gasteiger partial charge in [-0.25, -0.2) is 0 Å². The molecule has 0 unspecified atom stereocenters. The molecule has 0 N–H and O–H groups in total. The second-order valence-electron chi connectivity index (χ2n) is 6.03. The van der Waals surface area contributed by atoms with E-state index >= 15 is 0 Å². The van der Waals surface area contributed by atoms with Gasteiger partial charge in [-0.15, -0.1) is 0 Å². The van der Waals surface area contributed by atoms with E-state index in [9.17, 15) is 0 Å². The summed E-state index contributed by atoms with van der Waals surface area (Å²) in [6.45, 7) is 1.61. The van der Waals surface area contributed by atoms with Crippen LogP contribution in [0.1, 0.15) is 17.2 Å². The molecular formula is C21H23NO. The van der Waals surface area contributed by atoms with Crippen molar-refractivity contribution in [2.24, 2.45) is 0 Å². The highest BCUT2D eigenvalue weighted by Crippen LogP contribution is 2.31. The zero-order chi connectivity index (χ0) is 16.1. The fourth-order valence-corrected chi connectivity index (χ4v) is 2.83. The smallest absolute Gasteiger partial charge is 0.108 e. The third-order valence-electron chi connectivity index (χ3n) is 4.03. The Kier molecular flexibility index (Phi) is 5.06. The van der Waals surface area contributed by atoms with E-state index in [1.165, 1.54) is 21.9 Å². The Labute approximate surface area is 138 Å². The molecule has 3 aromatic carbocycles. The van der Waals surface area contributed by atoms with Gasteiger partial charge >= 0.3 is 0 Å². The van der Waals surface area contributed by atoms with E-state index in [1.54, 1.807) is 0 Å². The maximum atomic E-state index is 6.29. The molecule has 118 valence electrons. The SMILES string of the molecule is CN(C)CCO[C@H](c1ccccc1)c1cccc2ccccc12. The van der Waals surface area contributed by atoms with Crippen LogP contribution in [-0.2, 0) is 4.74 Å². The van der Waals surface area contributed by atoms with Crippen LogP contribution in [0.3, 0.4) is 0 Å². The highest BCUT2D eigenvalue weighted by molar-refractivity contribution is 5.86. The van der Waals surface area contributed by atoms with E-state index in [-0.39, 0.29) is 6.10 Å². The number of benzene rings is 3. The van der Waals surface area contributed by atoms with E-state index in [0.29, 0.717) is 6.61 Å². The Hall–Kier alpha value is -2.16. The molecular weight excluding hydrogens is 282 g/mol. The lowest BCUT2D eigenvalue weighted by atomic mass is 9.96. The Morgan fingerprint density at radius 3 is 2.30 bits per heavy atom. The van der Waals surface area contributed by atoms with Crippen molar-refractivity contribution in [1.29, 1.82) is 0 Å². The van der Waals surface area contributed by atoms with Gasteiger partial charge in [-0.05, 0) is 36.0 Å². The van der Waals surface area contributed by atoms with Crippen molar-refractivity contribution in [2.75, 3.05) is 27.2 Å². The zero-order valence-electron chi connectivity index (χ0n) is 13.8. The second kappa shape index (κ2) is 7.40. The molecule has 0 fully saturated rings. The summed E-state index contributed by atoms with van der Waals surface area (Å²) in [5, 5.41) is 2.51. The van der Waals surface area contributed by atoms with Crippen LogP contribution in [0, 0.1) is 0 Å². The summed E-state index contributed by atoms with van der Waals surface area (Å²) < 4.78 is 6.29. The molecule has 0 bridgehead atoms. The van der Waals surface area contributed by atoms with E-state index in [0.717, 1.165) is 6.54 Å². The number of hydrogen-bond acceptors (Lipinski definition) is 2. The third kappa shape index (κ3) is 3.79. The van der Waals surface area contributed by atoms with Crippen LogP contribution < -0.4 is 0 Å². The first kappa shape index (κ1) is 15.7. The van der Waals surface area contributed by atoms with Gasteiger partial charge in [0.25, 0.3) is 0 Å². The average Bonchev–Trinajstić information content (AvgIpc) is 2.59. The molecule has 0 aliphatic heterocycles. The van der Waals surface area contributed by atoms with Crippen molar-refractivity contribution < 1.29 is 4.74 Å². The largest absolute Gasteiger partial charge is 0.367 e. The fourth-order valence-electron chi connectivity index (χ4n) is 2.83. The van der Waals surface area contributed by atoms with Crippen molar-refractivity contribution >= 4 is 10.8 Å². The topological polar surface area (TPSA) is 12.5 Å². The van der Waals surface area contributed by atoms with Crippen molar-refractivity contribution in [2.45, 2.75) is 6.10 Å². The minimum absolute atomic E-state index is 0.0396. The molecule has 0 aliphatic carbocycles. The predicted octanol–water partition coefficient (Wildman–Crippen LogP) is 4.51. The van der Waals surface area contributed by atoms with Crippen LogP contribution in [-0.4, -0.2) is 32.1 Å². The van der Waals surface area contributed by atoms with Gasteiger partial charge < -0.3 is 9.64 Å². The van der Waals surface area contributed by atoms with E-state index in [4.69, 9.17) is 4.74 Å². The lowest BCUT2D eigenvalue weighted by Crippen LogP contribution is -2.20. The molecule has 2 heteroatoms. The fraction of sp³-hybridized carbons (Fsp3) is 0.238. The molecule has 0 amide bonds. The van der Waals surface area contributed by atoms with Crippen LogP contribution in [0.25, 0.3) is 10.8 Å². The Morgan fingerprint density at radius 1 is 0.826 bits per heavy atom. The normalized spacial score (nSPS) is 12.7.